The molecule has 15 heavy (non-hydrogen) atoms. The summed E-state index contributed by atoms with van der Waals surface area (Å²) >= 11 is 0. The van der Waals surface area contributed by atoms with Crippen molar-refractivity contribution in [3.63, 3.8) is 0 Å². The average molecular weight is 220 g/mol. The van der Waals surface area contributed by atoms with E-state index in [-0.39, 0.29) is 0 Å². The zero-order chi connectivity index (χ0) is 10.7. The molecule has 0 atom stereocenters. The molecule has 1 aromatic rings. The normalized spacial score (nSPS) is 17.4. The van der Waals surface area contributed by atoms with Crippen LogP contribution in [-0.4, -0.2) is 28.8 Å². The number of hydrogen-bond donors (Lipinski definition) is 0. The molecule has 0 aliphatic carbocycles. The topological polar surface area (TPSA) is 44.1 Å². The van der Waals surface area contributed by atoms with E-state index in [1.807, 2.05) is 24.3 Å². The van der Waals surface area contributed by atoms with Gasteiger partial charge in [0.2, 0.25) is 0 Å². The Balaban J connectivity index is 2.10. The van der Waals surface area contributed by atoms with E-state index in [4.69, 9.17) is 5.26 Å². The van der Waals surface area contributed by atoms with E-state index in [2.05, 4.69) is 11.0 Å². The first-order valence-electron chi connectivity index (χ1n) is 4.90. The van der Waals surface area contributed by atoms with Gasteiger partial charge in [0, 0.05) is 41.1 Å². The van der Waals surface area contributed by atoms with E-state index in [0.29, 0.717) is 5.56 Å². The fourth-order valence-corrected chi connectivity index (χ4v) is 2.70. The predicted octanol–water partition coefficient (Wildman–Crippen LogP) is 1.13. The third kappa shape index (κ3) is 2.37. The van der Waals surface area contributed by atoms with Crippen LogP contribution in [0.4, 0.5) is 5.69 Å². The highest BCUT2D eigenvalue weighted by atomic mass is 32.2. The summed E-state index contributed by atoms with van der Waals surface area (Å²) in [6, 6.07) is 9.64. The van der Waals surface area contributed by atoms with Crippen molar-refractivity contribution < 1.29 is 4.21 Å². The van der Waals surface area contributed by atoms with Gasteiger partial charge in [0.1, 0.15) is 0 Å². The van der Waals surface area contributed by atoms with Crippen molar-refractivity contribution in [3.05, 3.63) is 29.8 Å². The van der Waals surface area contributed by atoms with Gasteiger partial charge in [-0.3, -0.25) is 4.21 Å². The lowest BCUT2D eigenvalue weighted by Crippen LogP contribution is -2.37. The molecular weight excluding hydrogens is 208 g/mol. The highest BCUT2D eigenvalue weighted by Crippen LogP contribution is 2.16. The second kappa shape index (κ2) is 4.45. The molecule has 0 amide bonds. The van der Waals surface area contributed by atoms with Crippen LogP contribution in [0.5, 0.6) is 0 Å². The van der Waals surface area contributed by atoms with Gasteiger partial charge in [-0.15, -0.1) is 0 Å². The molecule has 4 heteroatoms. The first-order valence-corrected chi connectivity index (χ1v) is 6.38. The van der Waals surface area contributed by atoms with Gasteiger partial charge >= 0.3 is 0 Å². The molecule has 78 valence electrons. The Bertz CT molecular complexity index is 398. The number of nitriles is 1. The number of anilines is 1. The molecule has 1 heterocycles. The van der Waals surface area contributed by atoms with Crippen molar-refractivity contribution in [3.8, 4) is 6.07 Å². The first kappa shape index (κ1) is 10.2. The Labute approximate surface area is 91.8 Å². The highest BCUT2D eigenvalue weighted by Gasteiger charge is 2.14. The third-order valence-electron chi connectivity index (χ3n) is 2.54. The Hall–Kier alpha value is -1.34. The van der Waals surface area contributed by atoms with Gasteiger partial charge in [0.05, 0.1) is 11.6 Å². The molecule has 3 nitrogen and oxygen atoms in total. The average Bonchev–Trinajstić information content (AvgIpc) is 2.30. The van der Waals surface area contributed by atoms with Crippen molar-refractivity contribution in [1.29, 1.82) is 5.26 Å². The van der Waals surface area contributed by atoms with Crippen molar-refractivity contribution >= 4 is 16.5 Å². The third-order valence-corrected chi connectivity index (χ3v) is 3.82. The van der Waals surface area contributed by atoms with Crippen molar-refractivity contribution in [1.82, 2.24) is 0 Å². The van der Waals surface area contributed by atoms with E-state index in [1.165, 1.54) is 0 Å². The minimum Gasteiger partial charge on any atom is -0.370 e. The zero-order valence-electron chi connectivity index (χ0n) is 8.35. The molecule has 1 saturated heterocycles. The van der Waals surface area contributed by atoms with E-state index in [0.717, 1.165) is 30.3 Å². The smallest absolute Gasteiger partial charge is 0.0991 e. The summed E-state index contributed by atoms with van der Waals surface area (Å²) in [6.45, 7) is 1.69. The number of rotatable bonds is 1. The summed E-state index contributed by atoms with van der Waals surface area (Å²) in [7, 11) is -0.635. The number of hydrogen-bond acceptors (Lipinski definition) is 3. The SMILES string of the molecule is N#Cc1ccc(N2CCS(=O)CC2)cc1. The molecule has 1 fully saturated rings. The molecule has 1 aromatic carbocycles. The van der Waals surface area contributed by atoms with E-state index in [9.17, 15) is 4.21 Å². The molecule has 0 unspecified atom stereocenters. The monoisotopic (exact) mass is 220 g/mol. The summed E-state index contributed by atoms with van der Waals surface area (Å²) in [6.07, 6.45) is 0. The van der Waals surface area contributed by atoms with Crippen LogP contribution >= 0.6 is 0 Å². The molecule has 2 rings (SSSR count). The molecule has 0 aromatic heterocycles. The van der Waals surface area contributed by atoms with Gasteiger partial charge < -0.3 is 4.90 Å². The van der Waals surface area contributed by atoms with E-state index < -0.39 is 10.8 Å². The second-order valence-electron chi connectivity index (χ2n) is 3.49. The van der Waals surface area contributed by atoms with Gasteiger partial charge in [0.25, 0.3) is 0 Å². The predicted molar refractivity (Wildman–Crippen MR) is 61.2 cm³/mol. The highest BCUT2D eigenvalue weighted by molar-refractivity contribution is 7.85. The number of nitrogens with zero attached hydrogens (tertiary/aromatic N) is 2. The Kier molecular flexibility index (Phi) is 3.02. The number of benzene rings is 1. The van der Waals surface area contributed by atoms with Gasteiger partial charge in [-0.05, 0) is 24.3 Å². The van der Waals surface area contributed by atoms with E-state index >= 15 is 0 Å². The maximum absolute atomic E-state index is 11.2. The standard InChI is InChI=1S/C11H12N2OS/c12-9-10-1-3-11(4-2-10)13-5-7-15(14)8-6-13/h1-4H,5-8H2. The lowest BCUT2D eigenvalue weighted by Gasteiger charge is -2.28. The molecule has 1 aliphatic heterocycles. The van der Waals surface area contributed by atoms with Crippen LogP contribution < -0.4 is 4.90 Å². The molecular formula is C11H12N2OS. The van der Waals surface area contributed by atoms with Crippen molar-refractivity contribution in [2.45, 2.75) is 0 Å². The first-order chi connectivity index (χ1) is 7.29. The van der Waals surface area contributed by atoms with Crippen LogP contribution in [0.25, 0.3) is 0 Å². The largest absolute Gasteiger partial charge is 0.370 e. The van der Waals surface area contributed by atoms with Gasteiger partial charge in [-0.1, -0.05) is 0 Å². The van der Waals surface area contributed by atoms with Crippen LogP contribution in [0.1, 0.15) is 5.56 Å². The van der Waals surface area contributed by atoms with Gasteiger partial charge in [0.15, 0.2) is 0 Å². The van der Waals surface area contributed by atoms with Crippen molar-refractivity contribution in [2.75, 3.05) is 29.5 Å². The fraction of sp³-hybridized carbons (Fsp3) is 0.364. The Morgan fingerprint density at radius 2 is 1.80 bits per heavy atom. The van der Waals surface area contributed by atoms with Crippen LogP contribution in [0.15, 0.2) is 24.3 Å². The summed E-state index contributed by atoms with van der Waals surface area (Å²) < 4.78 is 11.2. The zero-order valence-corrected chi connectivity index (χ0v) is 9.17. The Morgan fingerprint density at radius 1 is 1.20 bits per heavy atom. The molecule has 1 aliphatic rings. The molecule has 0 N–H and O–H groups in total. The lowest BCUT2D eigenvalue weighted by atomic mass is 10.2. The van der Waals surface area contributed by atoms with Crippen molar-refractivity contribution in [2.24, 2.45) is 0 Å². The maximum Gasteiger partial charge on any atom is 0.0991 e. The molecule has 0 saturated carbocycles. The minimum atomic E-state index is -0.635. The molecule has 0 bridgehead atoms. The van der Waals surface area contributed by atoms with Gasteiger partial charge in [-0.2, -0.15) is 5.26 Å². The molecule has 0 spiro atoms. The summed E-state index contributed by atoms with van der Waals surface area (Å²) in [5, 5.41) is 8.67. The van der Waals surface area contributed by atoms with Crippen LogP contribution in [0.2, 0.25) is 0 Å². The van der Waals surface area contributed by atoms with Gasteiger partial charge in [-0.25, -0.2) is 0 Å². The lowest BCUT2D eigenvalue weighted by molar-refractivity contribution is 0.673. The fourth-order valence-electron chi connectivity index (χ4n) is 1.64. The molecule has 0 radical (unpaired) electrons. The van der Waals surface area contributed by atoms with Crippen LogP contribution in [0.3, 0.4) is 0 Å². The quantitative estimate of drug-likeness (QED) is 0.712. The Morgan fingerprint density at radius 3 is 2.33 bits per heavy atom. The minimum absolute atomic E-state index is 0.635. The maximum atomic E-state index is 11.2. The van der Waals surface area contributed by atoms with E-state index in [1.54, 1.807) is 0 Å². The van der Waals surface area contributed by atoms with Crippen LogP contribution in [-0.2, 0) is 10.8 Å². The van der Waals surface area contributed by atoms with Crippen LogP contribution in [0, 0.1) is 11.3 Å². The second-order valence-corrected chi connectivity index (χ2v) is 5.19. The summed E-state index contributed by atoms with van der Waals surface area (Å²) in [5.74, 6) is 1.50. The summed E-state index contributed by atoms with van der Waals surface area (Å²) in [5.41, 5.74) is 1.80. The summed E-state index contributed by atoms with van der Waals surface area (Å²) in [4.78, 5) is 2.21.